The van der Waals surface area contributed by atoms with Gasteiger partial charge in [0.15, 0.2) is 13.1 Å². The third-order valence-corrected chi connectivity index (χ3v) is 6.37. The molecule has 1 saturated heterocycles. The van der Waals surface area contributed by atoms with Crippen molar-refractivity contribution in [1.82, 2.24) is 9.80 Å². The molecule has 6 heteroatoms. The number of aromatic nitrogens is 2. The molecule has 1 aliphatic rings. The Kier molecular flexibility index (Phi) is 6.65. The number of oxazole rings is 2. The lowest BCUT2D eigenvalue weighted by Gasteiger charge is -2.33. The Bertz CT molecular complexity index is 1210. The average molecular weight is 459 g/mol. The highest BCUT2D eigenvalue weighted by molar-refractivity contribution is 5.70. The van der Waals surface area contributed by atoms with Gasteiger partial charge in [0, 0.05) is 63.6 Å². The van der Waals surface area contributed by atoms with E-state index in [2.05, 4.69) is 81.6 Å². The van der Waals surface area contributed by atoms with Crippen molar-refractivity contribution in [3.63, 3.8) is 0 Å². The SMILES string of the molecule is CCC[n+]1c(/C=C/N2CCN(/C=C/c3oc4ccccc4[n+]3CCC)CC2)oc2ccccc21. The topological polar surface area (TPSA) is 40.5 Å². The van der Waals surface area contributed by atoms with Crippen LogP contribution in [0.25, 0.3) is 34.4 Å². The Morgan fingerprint density at radius 3 is 1.50 bits per heavy atom. The highest BCUT2D eigenvalue weighted by atomic mass is 16.4. The van der Waals surface area contributed by atoms with E-state index in [4.69, 9.17) is 8.83 Å². The Hall–Kier alpha value is -3.54. The quantitative estimate of drug-likeness (QED) is 0.355. The van der Waals surface area contributed by atoms with Crippen LogP contribution >= 0.6 is 0 Å². The second kappa shape index (κ2) is 10.2. The smallest absolute Gasteiger partial charge is 0.375 e. The zero-order valence-electron chi connectivity index (χ0n) is 20.2. The fourth-order valence-corrected chi connectivity index (χ4v) is 4.64. The van der Waals surface area contributed by atoms with Crippen molar-refractivity contribution in [2.45, 2.75) is 39.8 Å². The molecule has 0 N–H and O–H groups in total. The summed E-state index contributed by atoms with van der Waals surface area (Å²) in [6.07, 6.45) is 10.7. The van der Waals surface area contributed by atoms with Crippen LogP contribution < -0.4 is 9.13 Å². The van der Waals surface area contributed by atoms with Crippen LogP contribution in [0.3, 0.4) is 0 Å². The number of piperazine rings is 1. The summed E-state index contributed by atoms with van der Waals surface area (Å²) in [5.74, 6) is 1.83. The number of hydrogen-bond donors (Lipinski definition) is 0. The van der Waals surface area contributed by atoms with Crippen LogP contribution in [-0.2, 0) is 13.1 Å². The first-order valence-electron chi connectivity index (χ1n) is 12.4. The Labute approximate surface area is 201 Å². The molecule has 0 saturated carbocycles. The van der Waals surface area contributed by atoms with E-state index in [9.17, 15) is 0 Å². The van der Waals surface area contributed by atoms with Crippen LogP contribution in [0.5, 0.6) is 0 Å². The van der Waals surface area contributed by atoms with Gasteiger partial charge in [-0.2, -0.15) is 9.13 Å². The zero-order valence-corrected chi connectivity index (χ0v) is 20.2. The molecule has 0 atom stereocenters. The summed E-state index contributed by atoms with van der Waals surface area (Å²) in [6, 6.07) is 16.5. The van der Waals surface area contributed by atoms with Gasteiger partial charge in [-0.05, 0) is 12.1 Å². The lowest BCUT2D eigenvalue weighted by atomic mass is 10.3. The van der Waals surface area contributed by atoms with Gasteiger partial charge in [0.05, 0.1) is 12.2 Å². The van der Waals surface area contributed by atoms with Crippen LogP contribution in [0.1, 0.15) is 38.5 Å². The fourth-order valence-electron chi connectivity index (χ4n) is 4.64. The number of hydrogen-bond acceptors (Lipinski definition) is 4. The first kappa shape index (κ1) is 22.3. The normalized spacial score (nSPS) is 15.0. The summed E-state index contributed by atoms with van der Waals surface area (Å²) in [4.78, 5) is 4.73. The van der Waals surface area contributed by atoms with E-state index in [1.807, 2.05) is 24.3 Å². The molecule has 4 aromatic rings. The molecular weight excluding hydrogens is 424 g/mol. The molecule has 5 rings (SSSR count). The van der Waals surface area contributed by atoms with Gasteiger partial charge in [0.25, 0.3) is 11.0 Å². The van der Waals surface area contributed by atoms with Crippen molar-refractivity contribution in [1.29, 1.82) is 0 Å². The Morgan fingerprint density at radius 2 is 1.09 bits per heavy atom. The monoisotopic (exact) mass is 458 g/mol. The van der Waals surface area contributed by atoms with Crippen LogP contribution in [0.2, 0.25) is 0 Å². The maximum Gasteiger partial charge on any atom is 0.375 e. The molecule has 1 fully saturated rings. The minimum atomic E-state index is 0.913. The summed E-state index contributed by atoms with van der Waals surface area (Å²) in [5, 5.41) is 0. The number of nitrogens with zero attached hydrogens (tertiary/aromatic N) is 4. The van der Waals surface area contributed by atoms with Crippen molar-refractivity contribution in [3.05, 3.63) is 72.7 Å². The van der Waals surface area contributed by atoms with Crippen molar-refractivity contribution in [2.24, 2.45) is 0 Å². The van der Waals surface area contributed by atoms with E-state index in [0.717, 1.165) is 86.1 Å². The van der Waals surface area contributed by atoms with Crippen LogP contribution in [0.4, 0.5) is 0 Å². The molecule has 0 bridgehead atoms. The molecule has 1 aliphatic heterocycles. The van der Waals surface area contributed by atoms with E-state index in [1.54, 1.807) is 0 Å². The van der Waals surface area contributed by atoms with Crippen molar-refractivity contribution in [2.75, 3.05) is 26.2 Å². The maximum absolute atomic E-state index is 6.12. The summed E-state index contributed by atoms with van der Waals surface area (Å²) in [6.45, 7) is 10.2. The molecule has 2 aromatic carbocycles. The summed E-state index contributed by atoms with van der Waals surface area (Å²) in [5.41, 5.74) is 4.20. The van der Waals surface area contributed by atoms with E-state index >= 15 is 0 Å². The second-order valence-electron chi connectivity index (χ2n) is 8.82. The highest BCUT2D eigenvalue weighted by Crippen LogP contribution is 2.17. The fraction of sp³-hybridized carbons (Fsp3) is 0.357. The molecule has 0 radical (unpaired) electrons. The summed E-state index contributed by atoms with van der Waals surface area (Å²) < 4.78 is 16.8. The highest BCUT2D eigenvalue weighted by Gasteiger charge is 2.21. The lowest BCUT2D eigenvalue weighted by Crippen LogP contribution is -2.41. The minimum absolute atomic E-state index is 0.913. The van der Waals surface area contributed by atoms with Gasteiger partial charge in [-0.1, -0.05) is 38.1 Å². The van der Waals surface area contributed by atoms with Gasteiger partial charge >= 0.3 is 11.8 Å². The zero-order chi connectivity index (χ0) is 23.3. The molecule has 0 aliphatic carbocycles. The summed E-state index contributed by atoms with van der Waals surface area (Å²) in [7, 11) is 0. The van der Waals surface area contributed by atoms with Crippen LogP contribution in [-0.4, -0.2) is 36.0 Å². The van der Waals surface area contributed by atoms with E-state index < -0.39 is 0 Å². The standard InChI is InChI=1S/C28H34N4O2/c1-3-15-31-23-9-5-7-11-25(23)33-27(31)13-17-29-19-21-30(22-20-29)18-14-28-32(16-4-2)24-10-6-8-12-26(24)34-28/h5-14,17-18H,3-4,15-16,19-22H2,1-2H3/q+2. The molecule has 3 heterocycles. The Balaban J connectivity index is 1.24. The predicted molar refractivity (Wildman–Crippen MR) is 135 cm³/mol. The van der Waals surface area contributed by atoms with E-state index in [0.29, 0.717) is 0 Å². The van der Waals surface area contributed by atoms with Crippen molar-refractivity contribution >= 4 is 34.4 Å². The average Bonchev–Trinajstić information content (AvgIpc) is 3.40. The maximum atomic E-state index is 6.12. The van der Waals surface area contributed by atoms with Gasteiger partial charge in [-0.3, -0.25) is 0 Å². The number of benzene rings is 2. The molecule has 34 heavy (non-hydrogen) atoms. The predicted octanol–water partition coefficient (Wildman–Crippen LogP) is 4.83. The van der Waals surface area contributed by atoms with Crippen molar-refractivity contribution < 1.29 is 18.0 Å². The number of para-hydroxylation sites is 4. The van der Waals surface area contributed by atoms with Gasteiger partial charge in [-0.25, -0.2) is 0 Å². The van der Waals surface area contributed by atoms with Gasteiger partial charge in [0.2, 0.25) is 11.2 Å². The van der Waals surface area contributed by atoms with Gasteiger partial charge in [-0.15, -0.1) is 0 Å². The van der Waals surface area contributed by atoms with E-state index in [-0.39, 0.29) is 0 Å². The molecule has 0 unspecified atom stereocenters. The first-order chi connectivity index (χ1) is 16.8. The van der Waals surface area contributed by atoms with Crippen LogP contribution in [0, 0.1) is 0 Å². The van der Waals surface area contributed by atoms with Gasteiger partial charge in [0.1, 0.15) is 0 Å². The van der Waals surface area contributed by atoms with Gasteiger partial charge < -0.3 is 18.6 Å². The number of aryl methyl sites for hydroxylation is 2. The minimum Gasteiger partial charge on any atom is -0.398 e. The van der Waals surface area contributed by atoms with E-state index in [1.165, 1.54) is 0 Å². The van der Waals surface area contributed by atoms with Crippen LogP contribution in [0.15, 0.2) is 69.8 Å². The number of fused-ring (bicyclic) bond motifs is 2. The third-order valence-electron chi connectivity index (χ3n) is 6.37. The third kappa shape index (κ3) is 4.58. The molecule has 0 spiro atoms. The number of rotatable bonds is 8. The Morgan fingerprint density at radius 1 is 0.676 bits per heavy atom. The lowest BCUT2D eigenvalue weighted by molar-refractivity contribution is -0.678. The molecule has 2 aromatic heterocycles. The molecular formula is C28H34N4O2+2. The first-order valence-corrected chi connectivity index (χ1v) is 12.4. The molecule has 6 nitrogen and oxygen atoms in total. The molecule has 176 valence electrons. The van der Waals surface area contributed by atoms with Crippen molar-refractivity contribution in [3.8, 4) is 0 Å². The largest absolute Gasteiger partial charge is 0.398 e. The second-order valence-corrected chi connectivity index (χ2v) is 8.82. The summed E-state index contributed by atoms with van der Waals surface area (Å²) >= 11 is 0. The molecule has 0 amide bonds.